The van der Waals surface area contributed by atoms with Crippen molar-refractivity contribution in [3.05, 3.63) is 18.3 Å². The van der Waals surface area contributed by atoms with Crippen LogP contribution in [-0.2, 0) is 4.79 Å². The Bertz CT molecular complexity index is 288. The summed E-state index contributed by atoms with van der Waals surface area (Å²) in [6.45, 7) is -0.0371. The summed E-state index contributed by atoms with van der Waals surface area (Å²) in [5.41, 5.74) is 4.88. The topological polar surface area (TPSA) is 88.2 Å². The summed E-state index contributed by atoms with van der Waals surface area (Å²) in [6, 6.07) is 3.06. The molecule has 5 nitrogen and oxygen atoms in total. The minimum absolute atomic E-state index is 0.00116. The molecule has 0 unspecified atom stereocenters. The summed E-state index contributed by atoms with van der Waals surface area (Å²) < 4.78 is 0. The lowest BCUT2D eigenvalue weighted by atomic mass is 10.4. The van der Waals surface area contributed by atoms with Crippen LogP contribution in [-0.4, -0.2) is 22.5 Å². The van der Waals surface area contributed by atoms with Crippen LogP contribution in [0.3, 0.4) is 0 Å². The summed E-state index contributed by atoms with van der Waals surface area (Å²) in [7, 11) is 0. The molecule has 1 aromatic heterocycles. The number of primary amides is 1. The summed E-state index contributed by atoms with van der Waals surface area (Å²) in [5, 5.41) is 11.7. The fourth-order valence-electron chi connectivity index (χ4n) is 0.704. The van der Waals surface area contributed by atoms with Crippen molar-refractivity contribution in [3.8, 4) is 5.75 Å². The molecule has 0 radical (unpaired) electrons. The van der Waals surface area contributed by atoms with Crippen molar-refractivity contribution in [3.63, 3.8) is 0 Å². The van der Waals surface area contributed by atoms with E-state index in [0.29, 0.717) is 0 Å². The largest absolute Gasteiger partial charge is 0.504 e. The molecule has 1 heterocycles. The molecule has 0 aliphatic heterocycles. The number of rotatable bonds is 3. The van der Waals surface area contributed by atoms with E-state index in [0.717, 1.165) is 0 Å². The average Bonchev–Trinajstić information content (AvgIpc) is 2.03. The van der Waals surface area contributed by atoms with Gasteiger partial charge in [-0.2, -0.15) is 0 Å². The van der Waals surface area contributed by atoms with Crippen LogP contribution in [0, 0.1) is 0 Å². The van der Waals surface area contributed by atoms with Crippen LogP contribution in [0.15, 0.2) is 18.3 Å². The first-order valence-corrected chi connectivity index (χ1v) is 3.36. The monoisotopic (exact) mass is 167 g/mol. The molecule has 12 heavy (non-hydrogen) atoms. The normalized spacial score (nSPS) is 9.33. The molecule has 0 aromatic carbocycles. The first kappa shape index (κ1) is 8.32. The summed E-state index contributed by atoms with van der Waals surface area (Å²) in [6.07, 6.45) is 1.50. The Morgan fingerprint density at radius 1 is 1.75 bits per heavy atom. The number of nitrogens with two attached hydrogens (primary N) is 1. The molecule has 0 aliphatic carbocycles. The molecular formula is C7H9N3O2. The van der Waals surface area contributed by atoms with Gasteiger partial charge in [-0.1, -0.05) is 0 Å². The highest BCUT2D eigenvalue weighted by molar-refractivity contribution is 5.78. The SMILES string of the molecule is NC(=O)CNc1ncccc1O. The number of hydrogen-bond acceptors (Lipinski definition) is 4. The highest BCUT2D eigenvalue weighted by Crippen LogP contribution is 2.17. The number of carbonyl (C=O) groups is 1. The van der Waals surface area contributed by atoms with E-state index in [2.05, 4.69) is 10.3 Å². The van der Waals surface area contributed by atoms with Crippen LogP contribution in [0.4, 0.5) is 5.82 Å². The second kappa shape index (κ2) is 3.56. The van der Waals surface area contributed by atoms with Crippen LogP contribution in [0.5, 0.6) is 5.75 Å². The number of aromatic hydroxyl groups is 1. The summed E-state index contributed by atoms with van der Waals surface area (Å²) in [5.74, 6) is -0.241. The number of hydrogen-bond donors (Lipinski definition) is 3. The van der Waals surface area contributed by atoms with Gasteiger partial charge in [0.25, 0.3) is 0 Å². The lowest BCUT2D eigenvalue weighted by Crippen LogP contribution is -2.22. The lowest BCUT2D eigenvalue weighted by molar-refractivity contribution is -0.116. The zero-order chi connectivity index (χ0) is 8.97. The quantitative estimate of drug-likeness (QED) is 0.575. The molecule has 0 saturated heterocycles. The number of anilines is 1. The molecule has 1 rings (SSSR count). The number of aromatic nitrogens is 1. The molecule has 0 atom stereocenters. The predicted molar refractivity (Wildman–Crippen MR) is 43.6 cm³/mol. The van der Waals surface area contributed by atoms with Crippen molar-refractivity contribution in [2.24, 2.45) is 5.73 Å². The Labute approximate surface area is 69.2 Å². The van der Waals surface area contributed by atoms with Crippen LogP contribution in [0.2, 0.25) is 0 Å². The third-order valence-electron chi connectivity index (χ3n) is 1.22. The van der Waals surface area contributed by atoms with Crippen LogP contribution in [0.25, 0.3) is 0 Å². The van der Waals surface area contributed by atoms with E-state index >= 15 is 0 Å². The molecular weight excluding hydrogens is 158 g/mol. The third-order valence-corrected chi connectivity index (χ3v) is 1.22. The Morgan fingerprint density at radius 3 is 3.08 bits per heavy atom. The zero-order valence-electron chi connectivity index (χ0n) is 6.32. The fraction of sp³-hybridized carbons (Fsp3) is 0.143. The average molecular weight is 167 g/mol. The van der Waals surface area contributed by atoms with Crippen molar-refractivity contribution in [2.45, 2.75) is 0 Å². The standard InChI is InChI=1S/C7H9N3O2/c8-6(12)4-10-7-5(11)2-1-3-9-7/h1-3,11H,4H2,(H2,8,12)(H,9,10). The Morgan fingerprint density at radius 2 is 2.50 bits per heavy atom. The molecule has 0 bridgehead atoms. The molecule has 0 spiro atoms. The molecule has 1 aromatic rings. The van der Waals surface area contributed by atoms with Crippen LogP contribution >= 0.6 is 0 Å². The minimum atomic E-state index is -0.500. The van der Waals surface area contributed by atoms with Gasteiger partial charge in [-0.15, -0.1) is 0 Å². The van der Waals surface area contributed by atoms with E-state index in [9.17, 15) is 4.79 Å². The van der Waals surface area contributed by atoms with Gasteiger partial charge in [0.2, 0.25) is 5.91 Å². The van der Waals surface area contributed by atoms with Gasteiger partial charge < -0.3 is 16.2 Å². The zero-order valence-corrected chi connectivity index (χ0v) is 6.32. The van der Waals surface area contributed by atoms with Gasteiger partial charge in [0, 0.05) is 6.20 Å². The second-order valence-corrected chi connectivity index (χ2v) is 2.19. The molecule has 0 fully saturated rings. The van der Waals surface area contributed by atoms with Crippen LogP contribution < -0.4 is 11.1 Å². The molecule has 5 heteroatoms. The maximum atomic E-state index is 10.3. The molecule has 0 saturated carbocycles. The predicted octanol–water partition coefficient (Wildman–Crippen LogP) is -0.316. The van der Waals surface area contributed by atoms with Crippen LogP contribution in [0.1, 0.15) is 0 Å². The van der Waals surface area contributed by atoms with Gasteiger partial charge >= 0.3 is 0 Å². The number of nitrogens with one attached hydrogen (secondary N) is 1. The number of amides is 1. The van der Waals surface area contributed by atoms with Crippen molar-refractivity contribution in [1.82, 2.24) is 4.98 Å². The van der Waals surface area contributed by atoms with E-state index in [1.807, 2.05) is 0 Å². The van der Waals surface area contributed by atoms with E-state index in [-0.39, 0.29) is 18.1 Å². The Hall–Kier alpha value is -1.78. The highest BCUT2D eigenvalue weighted by Gasteiger charge is 2.00. The Kier molecular flexibility index (Phi) is 2.47. The summed E-state index contributed by atoms with van der Waals surface area (Å²) in [4.78, 5) is 14.1. The van der Waals surface area contributed by atoms with Gasteiger partial charge in [-0.25, -0.2) is 4.98 Å². The maximum Gasteiger partial charge on any atom is 0.236 e. The van der Waals surface area contributed by atoms with E-state index in [1.54, 1.807) is 6.07 Å². The lowest BCUT2D eigenvalue weighted by Gasteiger charge is -2.03. The molecule has 1 amide bonds. The van der Waals surface area contributed by atoms with Crippen molar-refractivity contribution in [2.75, 3.05) is 11.9 Å². The maximum absolute atomic E-state index is 10.3. The van der Waals surface area contributed by atoms with Gasteiger partial charge in [0.15, 0.2) is 11.6 Å². The van der Waals surface area contributed by atoms with Gasteiger partial charge in [-0.3, -0.25) is 4.79 Å². The Balaban J connectivity index is 2.63. The van der Waals surface area contributed by atoms with E-state index < -0.39 is 5.91 Å². The summed E-state index contributed by atoms with van der Waals surface area (Å²) >= 11 is 0. The van der Waals surface area contributed by atoms with E-state index in [1.165, 1.54) is 12.3 Å². The number of pyridine rings is 1. The molecule has 64 valence electrons. The number of nitrogens with zero attached hydrogens (tertiary/aromatic N) is 1. The van der Waals surface area contributed by atoms with Crippen molar-refractivity contribution >= 4 is 11.7 Å². The molecule has 0 aliphatic rings. The smallest absolute Gasteiger partial charge is 0.236 e. The third kappa shape index (κ3) is 2.12. The molecule has 4 N–H and O–H groups in total. The second-order valence-electron chi connectivity index (χ2n) is 2.19. The van der Waals surface area contributed by atoms with Gasteiger partial charge in [-0.05, 0) is 12.1 Å². The fourth-order valence-corrected chi connectivity index (χ4v) is 0.704. The minimum Gasteiger partial charge on any atom is -0.504 e. The first-order chi connectivity index (χ1) is 5.70. The van der Waals surface area contributed by atoms with Gasteiger partial charge in [0.1, 0.15) is 0 Å². The van der Waals surface area contributed by atoms with Crippen molar-refractivity contribution < 1.29 is 9.90 Å². The van der Waals surface area contributed by atoms with Crippen molar-refractivity contribution in [1.29, 1.82) is 0 Å². The van der Waals surface area contributed by atoms with Gasteiger partial charge in [0.05, 0.1) is 6.54 Å². The van der Waals surface area contributed by atoms with E-state index in [4.69, 9.17) is 10.8 Å². The first-order valence-electron chi connectivity index (χ1n) is 3.36. The highest BCUT2D eigenvalue weighted by atomic mass is 16.3. The number of carbonyl (C=O) groups excluding carboxylic acids is 1.